The van der Waals surface area contributed by atoms with Crippen LogP contribution in [0.15, 0.2) is 73.3 Å². The van der Waals surface area contributed by atoms with Crippen molar-refractivity contribution in [2.75, 3.05) is 0 Å². The van der Waals surface area contributed by atoms with Crippen LogP contribution in [-0.4, -0.2) is 4.98 Å². The zero-order chi connectivity index (χ0) is 13.1. The van der Waals surface area contributed by atoms with Gasteiger partial charge in [0, 0.05) is 5.57 Å². The number of para-hydroxylation sites is 1. The smallest absolute Gasteiger partial charge is 0.125 e. The third kappa shape index (κ3) is 2.35. The Hall–Kier alpha value is -2.19. The number of hydrogen-bond donors (Lipinski definition) is 0. The van der Waals surface area contributed by atoms with Crippen molar-refractivity contribution < 1.29 is 0 Å². The SMILES string of the molecule is C=CC=C(c1ccccc1)c1nc2ccccc2s1. The van der Waals surface area contributed by atoms with E-state index in [1.807, 2.05) is 48.6 Å². The molecule has 0 aliphatic heterocycles. The van der Waals surface area contributed by atoms with E-state index in [2.05, 4.69) is 24.8 Å². The molecule has 0 radical (unpaired) electrons. The number of benzene rings is 2. The maximum absolute atomic E-state index is 4.71. The fraction of sp³-hybridized carbons (Fsp3) is 0. The largest absolute Gasteiger partial charge is 0.236 e. The normalized spacial score (nSPS) is 11.7. The molecule has 0 saturated heterocycles. The summed E-state index contributed by atoms with van der Waals surface area (Å²) >= 11 is 1.71. The van der Waals surface area contributed by atoms with Crippen molar-refractivity contribution in [1.82, 2.24) is 4.98 Å². The predicted molar refractivity (Wildman–Crippen MR) is 83.3 cm³/mol. The molecule has 0 aliphatic rings. The van der Waals surface area contributed by atoms with Gasteiger partial charge >= 0.3 is 0 Å². The van der Waals surface area contributed by atoms with Crippen molar-refractivity contribution in [1.29, 1.82) is 0 Å². The first-order valence-electron chi connectivity index (χ1n) is 6.12. The zero-order valence-corrected chi connectivity index (χ0v) is 11.2. The lowest BCUT2D eigenvalue weighted by atomic mass is 10.1. The van der Waals surface area contributed by atoms with Crippen molar-refractivity contribution in [3.63, 3.8) is 0 Å². The molecule has 92 valence electrons. The van der Waals surface area contributed by atoms with E-state index in [0.29, 0.717) is 0 Å². The minimum Gasteiger partial charge on any atom is -0.236 e. The van der Waals surface area contributed by atoms with Gasteiger partial charge in [-0.3, -0.25) is 0 Å². The van der Waals surface area contributed by atoms with Gasteiger partial charge in [-0.25, -0.2) is 4.98 Å². The molecule has 0 aliphatic carbocycles. The van der Waals surface area contributed by atoms with Gasteiger partial charge in [0.1, 0.15) is 5.01 Å². The molecule has 0 N–H and O–H groups in total. The van der Waals surface area contributed by atoms with Crippen LogP contribution in [0.5, 0.6) is 0 Å². The number of aromatic nitrogens is 1. The Kier molecular flexibility index (Phi) is 3.25. The highest BCUT2D eigenvalue weighted by Gasteiger charge is 2.09. The molecular formula is C17H13NS. The van der Waals surface area contributed by atoms with Gasteiger partial charge in [0.05, 0.1) is 10.2 Å². The lowest BCUT2D eigenvalue weighted by Crippen LogP contribution is -1.85. The molecule has 0 unspecified atom stereocenters. The van der Waals surface area contributed by atoms with Gasteiger partial charge in [-0.1, -0.05) is 61.2 Å². The van der Waals surface area contributed by atoms with Gasteiger partial charge in [0.25, 0.3) is 0 Å². The van der Waals surface area contributed by atoms with Crippen LogP contribution in [0, 0.1) is 0 Å². The van der Waals surface area contributed by atoms with E-state index in [0.717, 1.165) is 16.1 Å². The Bertz CT molecular complexity index is 705. The average Bonchev–Trinajstić information content (AvgIpc) is 2.89. The van der Waals surface area contributed by atoms with Crippen LogP contribution in [0.3, 0.4) is 0 Å². The number of rotatable bonds is 3. The molecule has 3 rings (SSSR count). The van der Waals surface area contributed by atoms with Gasteiger partial charge in [-0.05, 0) is 17.7 Å². The number of hydrogen-bond acceptors (Lipinski definition) is 2. The summed E-state index contributed by atoms with van der Waals surface area (Å²) in [7, 11) is 0. The zero-order valence-electron chi connectivity index (χ0n) is 10.4. The summed E-state index contributed by atoms with van der Waals surface area (Å²) in [6, 6.07) is 18.5. The van der Waals surface area contributed by atoms with Crippen LogP contribution in [0.4, 0.5) is 0 Å². The second-order valence-corrected chi connectivity index (χ2v) is 5.20. The van der Waals surface area contributed by atoms with Crippen molar-refractivity contribution in [3.8, 4) is 0 Å². The minimum absolute atomic E-state index is 1.03. The number of fused-ring (bicyclic) bond motifs is 1. The molecule has 2 aromatic carbocycles. The van der Waals surface area contributed by atoms with E-state index in [1.165, 1.54) is 10.3 Å². The Morgan fingerprint density at radius 2 is 1.74 bits per heavy atom. The summed E-state index contributed by atoms with van der Waals surface area (Å²) in [4.78, 5) is 4.71. The van der Waals surface area contributed by atoms with Crippen LogP contribution in [-0.2, 0) is 0 Å². The number of nitrogens with zero attached hydrogens (tertiary/aromatic N) is 1. The van der Waals surface area contributed by atoms with E-state index in [1.54, 1.807) is 11.3 Å². The monoisotopic (exact) mass is 263 g/mol. The van der Waals surface area contributed by atoms with Gasteiger partial charge in [0.15, 0.2) is 0 Å². The third-order valence-electron chi connectivity index (χ3n) is 2.89. The second-order valence-electron chi connectivity index (χ2n) is 4.17. The standard InChI is InChI=1S/C17H13NS/c1-2-8-14(13-9-4-3-5-10-13)17-18-15-11-6-7-12-16(15)19-17/h2-12H,1H2. The lowest BCUT2D eigenvalue weighted by molar-refractivity contribution is 1.42. The summed E-state index contributed by atoms with van der Waals surface area (Å²) in [5.41, 5.74) is 3.34. The van der Waals surface area contributed by atoms with Crippen LogP contribution in [0.1, 0.15) is 10.6 Å². The van der Waals surface area contributed by atoms with E-state index < -0.39 is 0 Å². The first kappa shape index (κ1) is 11.9. The minimum atomic E-state index is 1.03. The molecular weight excluding hydrogens is 250 g/mol. The van der Waals surface area contributed by atoms with Crippen LogP contribution in [0.2, 0.25) is 0 Å². The molecule has 3 aromatic rings. The molecule has 0 saturated carbocycles. The summed E-state index contributed by atoms with van der Waals surface area (Å²) in [6.07, 6.45) is 3.83. The fourth-order valence-corrected chi connectivity index (χ4v) is 3.03. The summed E-state index contributed by atoms with van der Waals surface area (Å²) < 4.78 is 1.21. The first-order chi connectivity index (χ1) is 9.38. The summed E-state index contributed by atoms with van der Waals surface area (Å²) in [5.74, 6) is 0. The Labute approximate surface area is 116 Å². The first-order valence-corrected chi connectivity index (χ1v) is 6.94. The molecule has 1 aromatic heterocycles. The topological polar surface area (TPSA) is 12.9 Å². The molecule has 19 heavy (non-hydrogen) atoms. The Morgan fingerprint density at radius 3 is 2.47 bits per heavy atom. The van der Waals surface area contributed by atoms with E-state index >= 15 is 0 Å². The second kappa shape index (κ2) is 5.21. The van der Waals surface area contributed by atoms with Gasteiger partial charge in [-0.2, -0.15) is 0 Å². The Morgan fingerprint density at radius 1 is 1.00 bits per heavy atom. The molecule has 0 amide bonds. The highest BCUT2D eigenvalue weighted by atomic mass is 32.1. The highest BCUT2D eigenvalue weighted by Crippen LogP contribution is 2.30. The van der Waals surface area contributed by atoms with Crippen LogP contribution in [0.25, 0.3) is 15.8 Å². The van der Waals surface area contributed by atoms with Gasteiger partial charge in [0.2, 0.25) is 0 Å². The predicted octanol–water partition coefficient (Wildman–Crippen LogP) is 4.91. The summed E-state index contributed by atoms with van der Waals surface area (Å²) in [5, 5.41) is 1.03. The molecule has 2 heteroatoms. The quantitative estimate of drug-likeness (QED) is 0.611. The van der Waals surface area contributed by atoms with Crippen molar-refractivity contribution >= 4 is 27.1 Å². The van der Waals surface area contributed by atoms with Gasteiger partial charge in [-0.15, -0.1) is 11.3 Å². The highest BCUT2D eigenvalue weighted by molar-refractivity contribution is 7.19. The molecule has 1 heterocycles. The van der Waals surface area contributed by atoms with E-state index in [4.69, 9.17) is 4.98 Å². The number of thiazole rings is 1. The molecule has 1 nitrogen and oxygen atoms in total. The van der Waals surface area contributed by atoms with Crippen LogP contribution >= 0.6 is 11.3 Å². The molecule has 0 bridgehead atoms. The molecule has 0 spiro atoms. The third-order valence-corrected chi connectivity index (χ3v) is 3.96. The van der Waals surface area contributed by atoms with Crippen LogP contribution < -0.4 is 0 Å². The van der Waals surface area contributed by atoms with Crippen molar-refractivity contribution in [2.45, 2.75) is 0 Å². The Balaban J connectivity index is 2.15. The van der Waals surface area contributed by atoms with E-state index in [9.17, 15) is 0 Å². The average molecular weight is 263 g/mol. The molecule has 0 atom stereocenters. The van der Waals surface area contributed by atoms with E-state index in [-0.39, 0.29) is 0 Å². The van der Waals surface area contributed by atoms with Crippen molar-refractivity contribution in [3.05, 3.63) is 83.9 Å². The maximum atomic E-state index is 4.71. The fourth-order valence-electron chi connectivity index (χ4n) is 2.01. The summed E-state index contributed by atoms with van der Waals surface area (Å²) in [6.45, 7) is 3.81. The maximum Gasteiger partial charge on any atom is 0.125 e. The van der Waals surface area contributed by atoms with Crippen molar-refractivity contribution in [2.24, 2.45) is 0 Å². The molecule has 0 fully saturated rings. The lowest BCUT2D eigenvalue weighted by Gasteiger charge is -2.02. The van der Waals surface area contributed by atoms with Gasteiger partial charge < -0.3 is 0 Å². The number of allylic oxidation sites excluding steroid dienone is 2.